The molecule has 0 aromatic carbocycles. The van der Waals surface area contributed by atoms with E-state index in [2.05, 4.69) is 5.32 Å². The van der Waals surface area contributed by atoms with Gasteiger partial charge in [0.05, 0.1) is 6.61 Å². The largest absolute Gasteiger partial charge is 0.399 e. The molecule has 3 heteroatoms. The van der Waals surface area contributed by atoms with Gasteiger partial charge in [-0.1, -0.05) is 13.8 Å². The zero-order chi connectivity index (χ0) is 7.70. The molecule has 0 atom stereocenters. The van der Waals surface area contributed by atoms with Crippen molar-refractivity contribution in [1.29, 1.82) is 0 Å². The van der Waals surface area contributed by atoms with Crippen LogP contribution < -0.4 is 11.1 Å². The maximum Gasteiger partial charge on any atom is 0.0840 e. The minimum absolute atomic E-state index is 0.0825. The van der Waals surface area contributed by atoms with Gasteiger partial charge in [0.25, 0.3) is 0 Å². The Morgan fingerprint density at radius 1 is 1.67 bits per heavy atom. The number of aliphatic hydroxyl groups excluding tert-OH is 1. The average molecular weight is 132 g/mol. The molecule has 0 rings (SSSR count). The molecule has 4 N–H and O–H groups in total. The molecule has 0 radical (unpaired) electrons. The van der Waals surface area contributed by atoms with Crippen LogP contribution in [0, 0.1) is 0 Å². The van der Waals surface area contributed by atoms with E-state index in [0.717, 1.165) is 0 Å². The second kappa shape index (κ2) is 10.3. The Morgan fingerprint density at radius 2 is 2.11 bits per heavy atom. The van der Waals surface area contributed by atoms with Crippen LogP contribution >= 0.6 is 0 Å². The third-order valence-electron chi connectivity index (χ3n) is 0.512. The highest BCUT2D eigenvalue weighted by Gasteiger charge is 1.77. The molecule has 0 aliphatic rings. The van der Waals surface area contributed by atoms with Crippen molar-refractivity contribution in [3.8, 4) is 0 Å². The van der Waals surface area contributed by atoms with Crippen LogP contribution in [-0.4, -0.2) is 18.8 Å². The van der Waals surface area contributed by atoms with Gasteiger partial charge in [-0.2, -0.15) is 0 Å². The summed E-state index contributed by atoms with van der Waals surface area (Å²) in [4.78, 5) is 0. The van der Waals surface area contributed by atoms with Crippen molar-refractivity contribution >= 4 is 0 Å². The van der Waals surface area contributed by atoms with Crippen LogP contribution in [0.5, 0.6) is 0 Å². The minimum Gasteiger partial charge on any atom is -0.399 e. The fourth-order valence-electron chi connectivity index (χ4n) is 0.231. The first-order valence-corrected chi connectivity index (χ1v) is 3.04. The predicted octanol–water partition coefficient (Wildman–Crippen LogP) is 0.0244. The molecule has 0 aromatic heterocycles. The number of aliphatic hydroxyl groups is 1. The van der Waals surface area contributed by atoms with Crippen LogP contribution in [-0.2, 0) is 0 Å². The van der Waals surface area contributed by atoms with Crippen LogP contribution in [0.3, 0.4) is 0 Å². The first kappa shape index (κ1) is 11.1. The second-order valence-corrected chi connectivity index (χ2v) is 1.17. The van der Waals surface area contributed by atoms with E-state index < -0.39 is 0 Å². The Morgan fingerprint density at radius 3 is 2.22 bits per heavy atom. The average Bonchev–Trinajstić information content (AvgIpc) is 1.93. The molecule has 0 aliphatic heterocycles. The molecular formula is C6H16N2O. The van der Waals surface area contributed by atoms with Gasteiger partial charge in [-0.3, -0.25) is 0 Å². The SMILES string of the molecule is CC.CN/C=C(\N)CO. The van der Waals surface area contributed by atoms with Gasteiger partial charge in [0, 0.05) is 18.9 Å². The fourth-order valence-corrected chi connectivity index (χ4v) is 0.231. The van der Waals surface area contributed by atoms with E-state index >= 15 is 0 Å². The Labute approximate surface area is 56.6 Å². The standard InChI is InChI=1S/C4H10N2O.C2H6/c1-6-2-4(5)3-7;1-2/h2,6-7H,3,5H2,1H3;1-2H3/b4-2-;. The summed E-state index contributed by atoms with van der Waals surface area (Å²) >= 11 is 0. The lowest BCUT2D eigenvalue weighted by atomic mass is 10.5. The topological polar surface area (TPSA) is 58.3 Å². The lowest BCUT2D eigenvalue weighted by molar-refractivity contribution is 0.329. The molecule has 0 bridgehead atoms. The lowest BCUT2D eigenvalue weighted by Crippen LogP contribution is -2.07. The molecule has 3 nitrogen and oxygen atoms in total. The number of hydrogen-bond donors (Lipinski definition) is 3. The van der Waals surface area contributed by atoms with Crippen LogP contribution in [0.1, 0.15) is 13.8 Å². The molecule has 0 saturated heterocycles. The predicted molar refractivity (Wildman–Crippen MR) is 39.8 cm³/mol. The Bertz CT molecular complexity index is 71.5. The summed E-state index contributed by atoms with van der Waals surface area (Å²) in [7, 11) is 1.72. The van der Waals surface area contributed by atoms with E-state index in [1.807, 2.05) is 13.8 Å². The molecule has 0 heterocycles. The Kier molecular flexibility index (Phi) is 12.8. The van der Waals surface area contributed by atoms with Crippen LogP contribution in [0.4, 0.5) is 0 Å². The summed E-state index contributed by atoms with van der Waals surface area (Å²) in [6.07, 6.45) is 1.54. The normalized spacial score (nSPS) is 9.56. The maximum absolute atomic E-state index is 8.23. The van der Waals surface area contributed by atoms with Gasteiger partial charge >= 0.3 is 0 Å². The van der Waals surface area contributed by atoms with Crippen molar-refractivity contribution in [2.75, 3.05) is 13.7 Å². The van der Waals surface area contributed by atoms with E-state index in [0.29, 0.717) is 5.70 Å². The van der Waals surface area contributed by atoms with Crippen molar-refractivity contribution in [2.45, 2.75) is 13.8 Å². The molecule has 0 saturated carbocycles. The first-order valence-electron chi connectivity index (χ1n) is 3.04. The van der Waals surface area contributed by atoms with Gasteiger partial charge in [0.2, 0.25) is 0 Å². The highest BCUT2D eigenvalue weighted by atomic mass is 16.3. The van der Waals surface area contributed by atoms with E-state index in [1.54, 1.807) is 13.2 Å². The number of nitrogens with two attached hydrogens (primary N) is 1. The number of nitrogens with one attached hydrogen (secondary N) is 1. The van der Waals surface area contributed by atoms with E-state index in [9.17, 15) is 0 Å². The third kappa shape index (κ3) is 11.1. The maximum atomic E-state index is 8.23. The van der Waals surface area contributed by atoms with Gasteiger partial charge in [0.1, 0.15) is 0 Å². The number of hydrogen-bond acceptors (Lipinski definition) is 3. The van der Waals surface area contributed by atoms with Crippen molar-refractivity contribution < 1.29 is 5.11 Å². The van der Waals surface area contributed by atoms with Gasteiger partial charge in [0.15, 0.2) is 0 Å². The fraction of sp³-hybridized carbons (Fsp3) is 0.667. The van der Waals surface area contributed by atoms with Gasteiger partial charge in [-0.25, -0.2) is 0 Å². The summed E-state index contributed by atoms with van der Waals surface area (Å²) in [5.74, 6) is 0. The van der Waals surface area contributed by atoms with Crippen molar-refractivity contribution in [3.05, 3.63) is 11.9 Å². The highest BCUT2D eigenvalue weighted by Crippen LogP contribution is 1.72. The number of rotatable bonds is 2. The van der Waals surface area contributed by atoms with Crippen molar-refractivity contribution in [1.82, 2.24) is 5.32 Å². The molecule has 0 aromatic rings. The van der Waals surface area contributed by atoms with Crippen LogP contribution in [0.15, 0.2) is 11.9 Å². The summed E-state index contributed by atoms with van der Waals surface area (Å²) in [6, 6.07) is 0. The summed E-state index contributed by atoms with van der Waals surface area (Å²) in [5.41, 5.74) is 5.58. The molecular weight excluding hydrogens is 116 g/mol. The molecule has 0 fully saturated rings. The summed E-state index contributed by atoms with van der Waals surface area (Å²) < 4.78 is 0. The summed E-state index contributed by atoms with van der Waals surface area (Å²) in [6.45, 7) is 3.92. The minimum atomic E-state index is -0.0825. The van der Waals surface area contributed by atoms with Gasteiger partial charge in [-0.05, 0) is 0 Å². The molecule has 9 heavy (non-hydrogen) atoms. The molecule has 0 amide bonds. The van der Waals surface area contributed by atoms with Crippen LogP contribution in [0.2, 0.25) is 0 Å². The highest BCUT2D eigenvalue weighted by molar-refractivity contribution is 4.92. The monoisotopic (exact) mass is 132 g/mol. The quantitative estimate of drug-likeness (QED) is 0.496. The smallest absolute Gasteiger partial charge is 0.0840 e. The third-order valence-corrected chi connectivity index (χ3v) is 0.512. The zero-order valence-corrected chi connectivity index (χ0v) is 6.31. The van der Waals surface area contributed by atoms with E-state index in [4.69, 9.17) is 10.8 Å². The van der Waals surface area contributed by atoms with E-state index in [1.165, 1.54) is 0 Å². The molecule has 0 aliphatic carbocycles. The van der Waals surface area contributed by atoms with Crippen molar-refractivity contribution in [3.63, 3.8) is 0 Å². The Hall–Kier alpha value is -0.700. The first-order chi connectivity index (χ1) is 4.31. The molecule has 56 valence electrons. The second-order valence-electron chi connectivity index (χ2n) is 1.17. The zero-order valence-electron chi connectivity index (χ0n) is 6.31. The van der Waals surface area contributed by atoms with Gasteiger partial charge < -0.3 is 16.2 Å². The van der Waals surface area contributed by atoms with Crippen LogP contribution in [0.25, 0.3) is 0 Å². The molecule has 0 spiro atoms. The summed E-state index contributed by atoms with van der Waals surface area (Å²) in [5, 5.41) is 10.9. The molecule has 0 unspecified atom stereocenters. The van der Waals surface area contributed by atoms with Gasteiger partial charge in [-0.15, -0.1) is 0 Å². The lowest BCUT2D eigenvalue weighted by Gasteiger charge is -1.91. The van der Waals surface area contributed by atoms with E-state index in [-0.39, 0.29) is 6.61 Å². The van der Waals surface area contributed by atoms with Crippen molar-refractivity contribution in [2.24, 2.45) is 5.73 Å². The Balaban J connectivity index is 0.